The SMILES string of the molecule is N[C@@H]1CCc2ccc(C(F)(F)F)cc21. The number of hydrogen-bond acceptors (Lipinski definition) is 1. The monoisotopic (exact) mass is 201 g/mol. The first kappa shape index (κ1) is 9.52. The summed E-state index contributed by atoms with van der Waals surface area (Å²) in [5, 5.41) is 0. The summed E-state index contributed by atoms with van der Waals surface area (Å²) in [6.07, 6.45) is -2.73. The van der Waals surface area contributed by atoms with E-state index in [0.29, 0.717) is 5.56 Å². The molecule has 0 unspecified atom stereocenters. The molecule has 0 spiro atoms. The van der Waals surface area contributed by atoms with E-state index < -0.39 is 11.7 Å². The first-order chi connectivity index (χ1) is 6.48. The van der Waals surface area contributed by atoms with Gasteiger partial charge in [-0.1, -0.05) is 6.07 Å². The van der Waals surface area contributed by atoms with Crippen molar-refractivity contribution in [1.82, 2.24) is 0 Å². The van der Waals surface area contributed by atoms with Gasteiger partial charge in [-0.15, -0.1) is 0 Å². The molecule has 2 N–H and O–H groups in total. The fraction of sp³-hybridized carbons (Fsp3) is 0.400. The second-order valence-corrected chi connectivity index (χ2v) is 3.56. The van der Waals surface area contributed by atoms with Gasteiger partial charge in [0.2, 0.25) is 0 Å². The molecule has 0 bridgehead atoms. The number of hydrogen-bond donors (Lipinski definition) is 1. The molecule has 76 valence electrons. The molecule has 0 radical (unpaired) electrons. The van der Waals surface area contributed by atoms with Gasteiger partial charge in [-0.2, -0.15) is 13.2 Å². The fourth-order valence-corrected chi connectivity index (χ4v) is 1.81. The van der Waals surface area contributed by atoms with E-state index in [1.165, 1.54) is 12.1 Å². The predicted molar refractivity (Wildman–Crippen MR) is 46.7 cm³/mol. The van der Waals surface area contributed by atoms with Gasteiger partial charge >= 0.3 is 6.18 Å². The lowest BCUT2D eigenvalue weighted by Gasteiger charge is -2.10. The highest BCUT2D eigenvalue weighted by molar-refractivity contribution is 5.38. The van der Waals surface area contributed by atoms with E-state index in [9.17, 15) is 13.2 Å². The van der Waals surface area contributed by atoms with Crippen LogP contribution in [0.4, 0.5) is 13.2 Å². The van der Waals surface area contributed by atoms with Crippen molar-refractivity contribution in [3.63, 3.8) is 0 Å². The van der Waals surface area contributed by atoms with Crippen molar-refractivity contribution in [1.29, 1.82) is 0 Å². The normalized spacial score (nSPS) is 21.0. The van der Waals surface area contributed by atoms with E-state index in [1.54, 1.807) is 0 Å². The Morgan fingerprint density at radius 1 is 1.29 bits per heavy atom. The summed E-state index contributed by atoms with van der Waals surface area (Å²) >= 11 is 0. The molecule has 1 aliphatic carbocycles. The molecule has 14 heavy (non-hydrogen) atoms. The summed E-state index contributed by atoms with van der Waals surface area (Å²) < 4.78 is 37.0. The minimum Gasteiger partial charge on any atom is -0.324 e. The number of alkyl halides is 3. The summed E-state index contributed by atoms with van der Waals surface area (Å²) in [4.78, 5) is 0. The zero-order valence-corrected chi connectivity index (χ0v) is 7.43. The van der Waals surface area contributed by atoms with Crippen molar-refractivity contribution in [2.24, 2.45) is 5.73 Å². The summed E-state index contributed by atoms with van der Waals surface area (Å²) in [7, 11) is 0. The number of fused-ring (bicyclic) bond motifs is 1. The van der Waals surface area contributed by atoms with Crippen LogP contribution in [0.3, 0.4) is 0 Å². The van der Waals surface area contributed by atoms with Gasteiger partial charge in [-0.05, 0) is 36.1 Å². The molecular formula is C10H10F3N. The molecule has 1 aromatic rings. The van der Waals surface area contributed by atoms with Gasteiger partial charge in [0.15, 0.2) is 0 Å². The van der Waals surface area contributed by atoms with Gasteiger partial charge < -0.3 is 5.73 Å². The highest BCUT2D eigenvalue weighted by atomic mass is 19.4. The van der Waals surface area contributed by atoms with Crippen LogP contribution in [-0.4, -0.2) is 0 Å². The first-order valence-corrected chi connectivity index (χ1v) is 4.44. The van der Waals surface area contributed by atoms with Crippen LogP contribution in [0.1, 0.15) is 29.2 Å². The standard InChI is InChI=1S/C10H10F3N/c11-10(12,13)7-3-1-6-2-4-9(14)8(6)5-7/h1,3,5,9H,2,4,14H2/t9-/m1/s1. The molecule has 4 heteroatoms. The third-order valence-electron chi connectivity index (χ3n) is 2.60. The zero-order chi connectivity index (χ0) is 10.3. The molecule has 0 aromatic heterocycles. The third kappa shape index (κ3) is 1.50. The third-order valence-corrected chi connectivity index (χ3v) is 2.60. The Bertz CT molecular complexity index is 357. The van der Waals surface area contributed by atoms with Crippen molar-refractivity contribution < 1.29 is 13.2 Å². The molecule has 1 aliphatic rings. The van der Waals surface area contributed by atoms with Crippen LogP contribution in [0.2, 0.25) is 0 Å². The number of halogens is 3. The molecule has 0 fully saturated rings. The van der Waals surface area contributed by atoms with Crippen LogP contribution in [0.5, 0.6) is 0 Å². The smallest absolute Gasteiger partial charge is 0.324 e. The zero-order valence-electron chi connectivity index (χ0n) is 7.43. The van der Waals surface area contributed by atoms with Crippen LogP contribution in [-0.2, 0) is 12.6 Å². The molecule has 2 rings (SSSR count). The predicted octanol–water partition coefficient (Wildman–Crippen LogP) is 2.65. The van der Waals surface area contributed by atoms with E-state index in [4.69, 9.17) is 5.73 Å². The maximum Gasteiger partial charge on any atom is 0.416 e. The molecular weight excluding hydrogens is 191 g/mol. The lowest BCUT2D eigenvalue weighted by atomic mass is 10.0. The van der Waals surface area contributed by atoms with Gasteiger partial charge in [0.05, 0.1) is 5.56 Å². The van der Waals surface area contributed by atoms with E-state index in [1.807, 2.05) is 0 Å². The van der Waals surface area contributed by atoms with Crippen LogP contribution in [0.15, 0.2) is 18.2 Å². The maximum atomic E-state index is 12.3. The van der Waals surface area contributed by atoms with Gasteiger partial charge in [-0.3, -0.25) is 0 Å². The summed E-state index contributed by atoms with van der Waals surface area (Å²) in [5.74, 6) is 0. The van der Waals surface area contributed by atoms with Gasteiger partial charge in [0, 0.05) is 6.04 Å². The molecule has 0 saturated carbocycles. The number of aryl methyl sites for hydroxylation is 1. The topological polar surface area (TPSA) is 26.0 Å². The Morgan fingerprint density at radius 2 is 2.00 bits per heavy atom. The van der Waals surface area contributed by atoms with Crippen molar-refractivity contribution in [3.8, 4) is 0 Å². The van der Waals surface area contributed by atoms with Gasteiger partial charge in [0.25, 0.3) is 0 Å². The molecule has 1 nitrogen and oxygen atoms in total. The molecule has 0 amide bonds. The highest BCUT2D eigenvalue weighted by Gasteiger charge is 2.32. The van der Waals surface area contributed by atoms with Gasteiger partial charge in [0.1, 0.15) is 0 Å². The van der Waals surface area contributed by atoms with Crippen molar-refractivity contribution in [2.75, 3.05) is 0 Å². The van der Waals surface area contributed by atoms with Crippen LogP contribution in [0.25, 0.3) is 0 Å². The average molecular weight is 201 g/mol. The molecule has 0 saturated heterocycles. The Morgan fingerprint density at radius 3 is 2.64 bits per heavy atom. The second kappa shape index (κ2) is 2.98. The minimum atomic E-state index is -4.27. The lowest BCUT2D eigenvalue weighted by molar-refractivity contribution is -0.137. The molecule has 1 atom stereocenters. The van der Waals surface area contributed by atoms with E-state index in [2.05, 4.69) is 0 Å². The minimum absolute atomic E-state index is 0.229. The summed E-state index contributed by atoms with van der Waals surface area (Å²) in [6.45, 7) is 0. The van der Waals surface area contributed by atoms with Crippen molar-refractivity contribution in [3.05, 3.63) is 34.9 Å². The Balaban J connectivity index is 2.45. The Labute approximate surface area is 79.7 Å². The van der Waals surface area contributed by atoms with Crippen LogP contribution < -0.4 is 5.73 Å². The van der Waals surface area contributed by atoms with Gasteiger partial charge in [-0.25, -0.2) is 0 Å². The summed E-state index contributed by atoms with van der Waals surface area (Å²) in [5.41, 5.74) is 6.69. The quantitative estimate of drug-likeness (QED) is 0.686. The Kier molecular flexibility index (Phi) is 2.03. The Hall–Kier alpha value is -1.03. The highest BCUT2D eigenvalue weighted by Crippen LogP contribution is 2.35. The van der Waals surface area contributed by atoms with Crippen LogP contribution >= 0.6 is 0 Å². The van der Waals surface area contributed by atoms with E-state index >= 15 is 0 Å². The largest absolute Gasteiger partial charge is 0.416 e. The average Bonchev–Trinajstić information content (AvgIpc) is 2.46. The number of rotatable bonds is 0. The lowest BCUT2D eigenvalue weighted by Crippen LogP contribution is -2.09. The first-order valence-electron chi connectivity index (χ1n) is 4.44. The van der Waals surface area contributed by atoms with E-state index in [0.717, 1.165) is 24.5 Å². The number of benzene rings is 1. The molecule has 1 aromatic carbocycles. The number of nitrogens with two attached hydrogens (primary N) is 1. The molecule has 0 aliphatic heterocycles. The molecule has 0 heterocycles. The van der Waals surface area contributed by atoms with Crippen molar-refractivity contribution >= 4 is 0 Å². The van der Waals surface area contributed by atoms with E-state index in [-0.39, 0.29) is 6.04 Å². The van der Waals surface area contributed by atoms with Crippen LogP contribution in [0, 0.1) is 0 Å². The van der Waals surface area contributed by atoms with Crippen molar-refractivity contribution in [2.45, 2.75) is 25.1 Å². The summed E-state index contributed by atoms with van der Waals surface area (Å²) in [6, 6.07) is 3.60. The maximum absolute atomic E-state index is 12.3. The second-order valence-electron chi connectivity index (χ2n) is 3.56. The fourth-order valence-electron chi connectivity index (χ4n) is 1.81.